The molecule has 0 saturated heterocycles. The van der Waals surface area contributed by atoms with Gasteiger partial charge in [-0.25, -0.2) is 0 Å². The van der Waals surface area contributed by atoms with Gasteiger partial charge in [0.2, 0.25) is 0 Å². The second-order valence-corrected chi connectivity index (χ2v) is 17.6. The third kappa shape index (κ3) is 4.71. The summed E-state index contributed by atoms with van der Waals surface area (Å²) in [6.07, 6.45) is 20.0. The van der Waals surface area contributed by atoms with Crippen molar-refractivity contribution in [2.45, 2.75) is 38.5 Å². The number of aryl methyl sites for hydroxylation is 2. The summed E-state index contributed by atoms with van der Waals surface area (Å²) < 4.78 is 2.50. The molecule has 5 aliphatic rings. The molecular formula is C57H44BN3. The zero-order chi connectivity index (χ0) is 40.4. The Morgan fingerprint density at radius 1 is 0.525 bits per heavy atom. The average Bonchev–Trinajstić information content (AvgIpc) is 3.64. The fourth-order valence-corrected chi connectivity index (χ4v) is 12.1. The first-order chi connectivity index (χ1) is 30.1. The normalized spacial score (nSPS) is 17.6. The van der Waals surface area contributed by atoms with Crippen LogP contribution in [0.2, 0.25) is 0 Å². The van der Waals surface area contributed by atoms with Crippen LogP contribution in [0.5, 0.6) is 0 Å². The van der Waals surface area contributed by atoms with Gasteiger partial charge in [0.1, 0.15) is 0 Å². The van der Waals surface area contributed by atoms with Crippen molar-refractivity contribution in [1.82, 2.24) is 4.57 Å². The van der Waals surface area contributed by atoms with Crippen LogP contribution in [0.15, 0.2) is 194 Å². The number of hydrogen-bond acceptors (Lipinski definition) is 2. The lowest BCUT2D eigenvalue weighted by molar-refractivity contribution is 0.446. The van der Waals surface area contributed by atoms with Crippen LogP contribution in [0.1, 0.15) is 41.5 Å². The van der Waals surface area contributed by atoms with Crippen molar-refractivity contribution < 1.29 is 0 Å². The van der Waals surface area contributed by atoms with Crippen molar-refractivity contribution in [2.24, 2.45) is 5.92 Å². The molecule has 0 fully saturated rings. The molecule has 0 spiro atoms. The van der Waals surface area contributed by atoms with Gasteiger partial charge in [-0.15, -0.1) is 0 Å². The molecule has 1 unspecified atom stereocenters. The smallest absolute Gasteiger partial charge is 0.252 e. The van der Waals surface area contributed by atoms with Crippen LogP contribution in [-0.4, -0.2) is 11.3 Å². The van der Waals surface area contributed by atoms with Gasteiger partial charge in [0.05, 0.1) is 22.1 Å². The molecule has 290 valence electrons. The summed E-state index contributed by atoms with van der Waals surface area (Å²) in [7, 11) is 0. The zero-order valence-corrected chi connectivity index (χ0v) is 34.5. The van der Waals surface area contributed by atoms with Gasteiger partial charge in [-0.3, -0.25) is 0 Å². The molecule has 0 N–H and O–H groups in total. The van der Waals surface area contributed by atoms with Gasteiger partial charge in [-0.05, 0) is 144 Å². The summed E-state index contributed by atoms with van der Waals surface area (Å²) in [6, 6.07) is 55.2. The summed E-state index contributed by atoms with van der Waals surface area (Å²) in [6.45, 7) is 4.67. The van der Waals surface area contributed by atoms with E-state index in [4.69, 9.17) is 0 Å². The fraction of sp³-hybridized carbons (Fsp3) is 0.123. The molecule has 1 aromatic heterocycles. The minimum atomic E-state index is -0.399. The number of nitrogens with zero attached hydrogens (tertiary/aromatic N) is 3. The average molecular weight is 782 g/mol. The summed E-state index contributed by atoms with van der Waals surface area (Å²) in [5.74, 6) is 0.236. The van der Waals surface area contributed by atoms with Gasteiger partial charge in [-0.1, -0.05) is 127 Å². The van der Waals surface area contributed by atoms with Gasteiger partial charge in [-0.2, -0.15) is 0 Å². The lowest BCUT2D eigenvalue weighted by Crippen LogP contribution is -2.69. The number of hydrogen-bond donors (Lipinski definition) is 0. The van der Waals surface area contributed by atoms with Crippen molar-refractivity contribution in [3.63, 3.8) is 0 Å². The van der Waals surface area contributed by atoms with E-state index in [1.54, 1.807) is 0 Å². The van der Waals surface area contributed by atoms with E-state index in [1.165, 1.54) is 100 Å². The van der Waals surface area contributed by atoms with Gasteiger partial charge in [0, 0.05) is 44.9 Å². The summed E-state index contributed by atoms with van der Waals surface area (Å²) in [5, 5.41) is 2.53. The summed E-state index contributed by atoms with van der Waals surface area (Å²) in [5.41, 5.74) is 21.7. The number of anilines is 6. The molecule has 0 saturated carbocycles. The zero-order valence-electron chi connectivity index (χ0n) is 34.5. The first kappa shape index (κ1) is 34.8. The van der Waals surface area contributed by atoms with Crippen molar-refractivity contribution in [3.8, 4) is 5.69 Å². The van der Waals surface area contributed by atoms with Crippen LogP contribution in [0.3, 0.4) is 0 Å². The molecule has 13 rings (SSSR count). The number of rotatable bonds is 5. The molecule has 1 atom stereocenters. The highest BCUT2D eigenvalue weighted by molar-refractivity contribution is 7.01. The topological polar surface area (TPSA) is 11.4 Å². The molecule has 8 aromatic rings. The molecule has 4 heteroatoms. The first-order valence-electron chi connectivity index (χ1n) is 22.0. The standard InChI is InChI=1S/C57H44BN3/c1-37-31-46-54-50(33-37)59(41-23-11-5-12-24-41)52-35-43(61-48-29-17-15-27-44(48)45-28-16-18-30-49(45)61)36-53-56(52)58(54)55-47(32-38(2)34-51(55)60(53)42-25-13-6-14-26-42)57(46,39-19-7-3-8-20-39)40-21-9-4-10-22-40/h3,5-9,11-19,21-36,39H,4,10,20H2,1-2H3. The van der Waals surface area contributed by atoms with Gasteiger partial charge >= 0.3 is 0 Å². The quantitative estimate of drug-likeness (QED) is 0.161. The predicted molar refractivity (Wildman–Crippen MR) is 258 cm³/mol. The lowest BCUT2D eigenvalue weighted by atomic mass is 9.27. The van der Waals surface area contributed by atoms with Gasteiger partial charge in [0.25, 0.3) is 6.71 Å². The third-order valence-corrected chi connectivity index (χ3v) is 14.3. The van der Waals surface area contributed by atoms with Gasteiger partial charge in [0.15, 0.2) is 0 Å². The molecule has 3 aliphatic heterocycles. The van der Waals surface area contributed by atoms with E-state index >= 15 is 0 Å². The lowest BCUT2D eigenvalue weighted by Gasteiger charge is -2.54. The van der Waals surface area contributed by atoms with Crippen LogP contribution in [-0.2, 0) is 5.41 Å². The molecule has 2 aliphatic carbocycles. The highest BCUT2D eigenvalue weighted by Crippen LogP contribution is 2.56. The second kappa shape index (κ2) is 13.0. The largest absolute Gasteiger partial charge is 0.311 e. The Kier molecular flexibility index (Phi) is 7.40. The molecule has 0 amide bonds. The number of benzene rings is 7. The maximum Gasteiger partial charge on any atom is 0.252 e. The van der Waals surface area contributed by atoms with Crippen molar-refractivity contribution >= 4 is 79.0 Å². The SMILES string of the molecule is Cc1cc2c3c(c1)C(C1=CCCC=C1)(C1C=CC=CC1)c1cc(C)cc4c1B3c1c(cc(-n3c5ccccc5c5ccccc53)cc1N4c1ccccc1)N2c1ccccc1. The van der Waals surface area contributed by atoms with Crippen molar-refractivity contribution in [2.75, 3.05) is 9.80 Å². The molecule has 61 heavy (non-hydrogen) atoms. The summed E-state index contributed by atoms with van der Waals surface area (Å²) >= 11 is 0. The Balaban J connectivity index is 1.23. The van der Waals surface area contributed by atoms with E-state index in [1.807, 2.05) is 0 Å². The van der Waals surface area contributed by atoms with Crippen LogP contribution in [0.4, 0.5) is 34.1 Å². The maximum absolute atomic E-state index is 2.61. The maximum atomic E-state index is 2.61. The predicted octanol–water partition coefficient (Wildman–Crippen LogP) is 12.5. The van der Waals surface area contributed by atoms with E-state index in [2.05, 4.69) is 216 Å². The van der Waals surface area contributed by atoms with Crippen LogP contribution < -0.4 is 26.2 Å². The second-order valence-electron chi connectivity index (χ2n) is 17.6. The third-order valence-electron chi connectivity index (χ3n) is 14.3. The van der Waals surface area contributed by atoms with E-state index in [0.29, 0.717) is 0 Å². The van der Waals surface area contributed by atoms with Crippen LogP contribution >= 0.6 is 0 Å². The molecular weight excluding hydrogens is 737 g/mol. The first-order valence-corrected chi connectivity index (χ1v) is 22.0. The fourth-order valence-electron chi connectivity index (χ4n) is 12.1. The Morgan fingerprint density at radius 3 is 1.59 bits per heavy atom. The molecule has 0 radical (unpaired) electrons. The van der Waals surface area contributed by atoms with E-state index in [-0.39, 0.29) is 12.6 Å². The number of aromatic nitrogens is 1. The van der Waals surface area contributed by atoms with Crippen molar-refractivity contribution in [3.05, 3.63) is 216 Å². The Labute approximate surface area is 358 Å². The molecule has 4 heterocycles. The Bertz CT molecular complexity index is 3100. The molecule has 7 aromatic carbocycles. The number of fused-ring (bicyclic) bond motifs is 3. The van der Waals surface area contributed by atoms with E-state index in [0.717, 1.165) is 24.9 Å². The highest BCUT2D eigenvalue weighted by atomic mass is 15.2. The van der Waals surface area contributed by atoms with Gasteiger partial charge < -0.3 is 14.4 Å². The van der Waals surface area contributed by atoms with Crippen molar-refractivity contribution in [1.29, 1.82) is 0 Å². The Morgan fingerprint density at radius 2 is 1.07 bits per heavy atom. The van der Waals surface area contributed by atoms with Crippen LogP contribution in [0.25, 0.3) is 27.5 Å². The minimum absolute atomic E-state index is 0.0396. The van der Waals surface area contributed by atoms with E-state index in [9.17, 15) is 0 Å². The monoisotopic (exact) mass is 781 g/mol. The minimum Gasteiger partial charge on any atom is -0.311 e. The number of para-hydroxylation sites is 4. The van der Waals surface area contributed by atoms with E-state index < -0.39 is 5.41 Å². The highest BCUT2D eigenvalue weighted by Gasteiger charge is 2.57. The summed E-state index contributed by atoms with van der Waals surface area (Å²) in [4.78, 5) is 5.22. The molecule has 0 bridgehead atoms. The molecule has 3 nitrogen and oxygen atoms in total. The van der Waals surface area contributed by atoms with Crippen LogP contribution in [0, 0.1) is 19.8 Å². The number of allylic oxidation sites excluding steroid dienone is 8. The Hall–Kier alpha value is -7.04.